The summed E-state index contributed by atoms with van der Waals surface area (Å²) in [6.45, 7) is 7.91. The van der Waals surface area contributed by atoms with Crippen LogP contribution in [-0.4, -0.2) is 29.5 Å². The standard InChI is InChI=1S/C13H18BNO4/c1-12(2)13(3,4)19-14(18-12)9-6-5-7-10(8-9)15-11(16)17/h5-8,15H,1-4H3,(H,16,17). The van der Waals surface area contributed by atoms with Crippen molar-refractivity contribution in [2.45, 2.75) is 38.9 Å². The molecule has 0 unspecified atom stereocenters. The Bertz CT molecular complexity index is 485. The van der Waals surface area contributed by atoms with Crippen LogP contribution in [0.5, 0.6) is 0 Å². The van der Waals surface area contributed by atoms with Crippen LogP contribution >= 0.6 is 0 Å². The molecule has 0 aromatic heterocycles. The predicted molar refractivity (Wildman–Crippen MR) is 73.8 cm³/mol. The van der Waals surface area contributed by atoms with Gasteiger partial charge in [-0.25, -0.2) is 4.79 Å². The summed E-state index contributed by atoms with van der Waals surface area (Å²) in [5.41, 5.74) is 0.478. The van der Waals surface area contributed by atoms with Crippen molar-refractivity contribution in [3.8, 4) is 0 Å². The van der Waals surface area contributed by atoms with Crippen LogP contribution < -0.4 is 10.8 Å². The first-order chi connectivity index (χ1) is 8.71. The fourth-order valence-electron chi connectivity index (χ4n) is 1.87. The molecule has 19 heavy (non-hydrogen) atoms. The first-order valence-electron chi connectivity index (χ1n) is 6.17. The third kappa shape index (κ3) is 2.74. The van der Waals surface area contributed by atoms with Gasteiger partial charge in [-0.3, -0.25) is 5.32 Å². The predicted octanol–water partition coefficient (Wildman–Crippen LogP) is 2.08. The van der Waals surface area contributed by atoms with Gasteiger partial charge in [0.2, 0.25) is 0 Å². The van der Waals surface area contributed by atoms with Gasteiger partial charge in [0.25, 0.3) is 0 Å². The Balaban J connectivity index is 2.22. The lowest BCUT2D eigenvalue weighted by atomic mass is 9.79. The molecule has 0 atom stereocenters. The van der Waals surface area contributed by atoms with Crippen molar-refractivity contribution in [2.75, 3.05) is 5.32 Å². The quantitative estimate of drug-likeness (QED) is 0.801. The number of carbonyl (C=O) groups is 1. The van der Waals surface area contributed by atoms with Crippen LogP contribution in [-0.2, 0) is 9.31 Å². The van der Waals surface area contributed by atoms with Crippen LogP contribution in [0.25, 0.3) is 0 Å². The van der Waals surface area contributed by atoms with Crippen LogP contribution in [0.3, 0.4) is 0 Å². The average molecular weight is 263 g/mol. The van der Waals surface area contributed by atoms with E-state index >= 15 is 0 Å². The molecule has 1 aliphatic heterocycles. The Morgan fingerprint density at radius 2 is 1.79 bits per heavy atom. The van der Waals surface area contributed by atoms with E-state index in [0.717, 1.165) is 5.46 Å². The van der Waals surface area contributed by atoms with E-state index in [9.17, 15) is 4.79 Å². The Labute approximate surface area is 113 Å². The summed E-state index contributed by atoms with van der Waals surface area (Å²) < 4.78 is 11.8. The van der Waals surface area contributed by atoms with Gasteiger partial charge in [-0.15, -0.1) is 0 Å². The largest absolute Gasteiger partial charge is 0.494 e. The highest BCUT2D eigenvalue weighted by Crippen LogP contribution is 2.36. The van der Waals surface area contributed by atoms with Crippen LogP contribution in [0, 0.1) is 0 Å². The molecule has 0 radical (unpaired) electrons. The number of anilines is 1. The van der Waals surface area contributed by atoms with Crippen molar-refractivity contribution >= 4 is 24.4 Å². The van der Waals surface area contributed by atoms with Gasteiger partial charge in [-0.05, 0) is 45.3 Å². The molecule has 6 heteroatoms. The second-order valence-corrected chi connectivity index (χ2v) is 5.64. The molecule has 0 saturated carbocycles. The number of hydrogen-bond acceptors (Lipinski definition) is 3. The zero-order valence-electron chi connectivity index (χ0n) is 11.6. The van der Waals surface area contributed by atoms with Crippen molar-refractivity contribution in [2.24, 2.45) is 0 Å². The number of hydrogen-bond donors (Lipinski definition) is 2. The molecule has 1 saturated heterocycles. The summed E-state index contributed by atoms with van der Waals surface area (Å²) >= 11 is 0. The van der Waals surface area contributed by atoms with Crippen molar-refractivity contribution < 1.29 is 19.2 Å². The molecular formula is C13H18BNO4. The fourth-order valence-corrected chi connectivity index (χ4v) is 1.87. The van der Waals surface area contributed by atoms with E-state index < -0.39 is 24.4 Å². The zero-order valence-corrected chi connectivity index (χ0v) is 11.6. The maximum absolute atomic E-state index is 10.6. The normalized spacial score (nSPS) is 20.3. The lowest BCUT2D eigenvalue weighted by Crippen LogP contribution is -2.41. The summed E-state index contributed by atoms with van der Waals surface area (Å²) in [5, 5.41) is 11.0. The summed E-state index contributed by atoms with van der Waals surface area (Å²) in [4.78, 5) is 10.6. The minimum Gasteiger partial charge on any atom is -0.465 e. The van der Waals surface area contributed by atoms with E-state index in [1.807, 2.05) is 33.8 Å². The highest BCUT2D eigenvalue weighted by atomic mass is 16.7. The van der Waals surface area contributed by atoms with Gasteiger partial charge in [0, 0.05) is 5.69 Å². The number of nitrogens with one attached hydrogen (secondary N) is 1. The lowest BCUT2D eigenvalue weighted by molar-refractivity contribution is 0.00578. The Morgan fingerprint density at radius 1 is 1.21 bits per heavy atom. The zero-order chi connectivity index (χ0) is 14.3. The van der Waals surface area contributed by atoms with Crippen LogP contribution in [0.15, 0.2) is 24.3 Å². The topological polar surface area (TPSA) is 67.8 Å². The Hall–Kier alpha value is -1.53. The van der Waals surface area contributed by atoms with E-state index in [-0.39, 0.29) is 0 Å². The number of benzene rings is 1. The molecular weight excluding hydrogens is 245 g/mol. The van der Waals surface area contributed by atoms with Gasteiger partial charge in [0.05, 0.1) is 11.2 Å². The molecule has 102 valence electrons. The van der Waals surface area contributed by atoms with E-state index in [2.05, 4.69) is 5.32 Å². The van der Waals surface area contributed by atoms with Gasteiger partial charge in [-0.1, -0.05) is 12.1 Å². The average Bonchev–Trinajstić information content (AvgIpc) is 2.47. The molecule has 1 aromatic carbocycles. The van der Waals surface area contributed by atoms with Gasteiger partial charge in [-0.2, -0.15) is 0 Å². The van der Waals surface area contributed by atoms with Gasteiger partial charge in [0.15, 0.2) is 0 Å². The number of rotatable bonds is 2. The molecule has 1 aliphatic rings. The maximum Gasteiger partial charge on any atom is 0.494 e. The maximum atomic E-state index is 10.6. The van der Waals surface area contributed by atoms with Crippen LogP contribution in [0.1, 0.15) is 27.7 Å². The lowest BCUT2D eigenvalue weighted by Gasteiger charge is -2.32. The van der Waals surface area contributed by atoms with Crippen molar-refractivity contribution in [3.05, 3.63) is 24.3 Å². The monoisotopic (exact) mass is 263 g/mol. The second kappa shape index (κ2) is 4.54. The molecule has 1 amide bonds. The molecule has 0 bridgehead atoms. The minimum atomic E-state index is -1.09. The minimum absolute atomic E-state index is 0.409. The van der Waals surface area contributed by atoms with Crippen molar-refractivity contribution in [1.29, 1.82) is 0 Å². The molecule has 0 aliphatic carbocycles. The molecule has 1 aromatic rings. The molecule has 5 nitrogen and oxygen atoms in total. The first-order valence-corrected chi connectivity index (χ1v) is 6.17. The van der Waals surface area contributed by atoms with E-state index in [0.29, 0.717) is 5.69 Å². The summed E-state index contributed by atoms with van der Waals surface area (Å²) in [6.07, 6.45) is -1.09. The van der Waals surface area contributed by atoms with Crippen LogP contribution in [0.2, 0.25) is 0 Å². The SMILES string of the molecule is CC1(C)OB(c2cccc(NC(=O)O)c2)OC1(C)C. The smallest absolute Gasteiger partial charge is 0.465 e. The fraction of sp³-hybridized carbons (Fsp3) is 0.462. The molecule has 1 fully saturated rings. The van der Waals surface area contributed by atoms with E-state index in [1.54, 1.807) is 18.2 Å². The summed E-state index contributed by atoms with van der Waals surface area (Å²) in [7, 11) is -0.486. The van der Waals surface area contributed by atoms with Gasteiger partial charge >= 0.3 is 13.2 Å². The third-order valence-electron chi connectivity index (χ3n) is 3.66. The number of carboxylic acid groups (broad SMARTS) is 1. The molecule has 0 spiro atoms. The van der Waals surface area contributed by atoms with E-state index in [4.69, 9.17) is 14.4 Å². The number of amides is 1. The molecule has 2 N–H and O–H groups in total. The van der Waals surface area contributed by atoms with E-state index in [1.165, 1.54) is 0 Å². The summed E-state index contributed by atoms with van der Waals surface area (Å²) in [5.74, 6) is 0. The van der Waals surface area contributed by atoms with Crippen molar-refractivity contribution in [3.63, 3.8) is 0 Å². The molecule has 1 heterocycles. The van der Waals surface area contributed by atoms with Gasteiger partial charge < -0.3 is 14.4 Å². The molecule has 2 rings (SSSR count). The highest BCUT2D eigenvalue weighted by Gasteiger charge is 2.51. The summed E-state index contributed by atoms with van der Waals surface area (Å²) in [6, 6.07) is 7.03. The van der Waals surface area contributed by atoms with Crippen LogP contribution in [0.4, 0.5) is 10.5 Å². The highest BCUT2D eigenvalue weighted by molar-refractivity contribution is 6.62. The van der Waals surface area contributed by atoms with Gasteiger partial charge in [0.1, 0.15) is 0 Å². The second-order valence-electron chi connectivity index (χ2n) is 5.64. The first kappa shape index (κ1) is 13.9. The third-order valence-corrected chi connectivity index (χ3v) is 3.66. The Kier molecular flexibility index (Phi) is 3.32. The Morgan fingerprint density at radius 3 is 2.32 bits per heavy atom. The van der Waals surface area contributed by atoms with Crippen molar-refractivity contribution in [1.82, 2.24) is 0 Å².